The van der Waals surface area contributed by atoms with Crippen LogP contribution in [0.3, 0.4) is 0 Å². The van der Waals surface area contributed by atoms with Crippen LogP contribution in [0.1, 0.15) is 58.6 Å². The molecule has 1 aromatic carbocycles. The second-order valence-corrected chi connectivity index (χ2v) is 9.82. The SMILES string of the molecule is Cc1ccc(CN2CCC(CNC(=O)C(NC(=O)OC(C)(C)C)C(C)C)CC2)cc1. The predicted octanol–water partition coefficient (Wildman–Crippen LogP) is 3.87. The van der Waals surface area contributed by atoms with Crippen LogP contribution in [0.2, 0.25) is 0 Å². The first-order valence-electron chi connectivity index (χ1n) is 11.1. The van der Waals surface area contributed by atoms with Crippen molar-refractivity contribution < 1.29 is 14.3 Å². The molecule has 1 saturated heterocycles. The summed E-state index contributed by atoms with van der Waals surface area (Å²) in [6.07, 6.45) is 1.58. The van der Waals surface area contributed by atoms with Crippen molar-refractivity contribution in [2.45, 2.75) is 72.6 Å². The highest BCUT2D eigenvalue weighted by Crippen LogP contribution is 2.19. The van der Waals surface area contributed by atoms with Gasteiger partial charge in [0.15, 0.2) is 0 Å². The van der Waals surface area contributed by atoms with E-state index in [1.807, 2.05) is 34.6 Å². The molecule has 1 heterocycles. The average molecular weight is 418 g/mol. The Morgan fingerprint density at radius 2 is 1.73 bits per heavy atom. The van der Waals surface area contributed by atoms with Crippen LogP contribution in [0.4, 0.5) is 4.79 Å². The Morgan fingerprint density at radius 1 is 1.13 bits per heavy atom. The van der Waals surface area contributed by atoms with E-state index in [1.165, 1.54) is 11.1 Å². The van der Waals surface area contributed by atoms with Crippen molar-refractivity contribution in [3.05, 3.63) is 35.4 Å². The number of hydrogen-bond acceptors (Lipinski definition) is 4. The number of amides is 2. The molecule has 0 spiro atoms. The van der Waals surface area contributed by atoms with Crippen LogP contribution in [-0.4, -0.2) is 48.2 Å². The van der Waals surface area contributed by atoms with E-state index in [0.717, 1.165) is 32.5 Å². The Balaban J connectivity index is 1.75. The molecular formula is C24H39N3O3. The third kappa shape index (κ3) is 8.34. The summed E-state index contributed by atoms with van der Waals surface area (Å²) in [6, 6.07) is 8.13. The molecule has 1 fully saturated rings. The van der Waals surface area contributed by atoms with Gasteiger partial charge < -0.3 is 15.4 Å². The number of alkyl carbamates (subject to hydrolysis) is 1. The lowest BCUT2D eigenvalue weighted by Gasteiger charge is -2.32. The molecule has 1 atom stereocenters. The maximum atomic E-state index is 12.7. The van der Waals surface area contributed by atoms with Gasteiger partial charge in [-0.2, -0.15) is 0 Å². The lowest BCUT2D eigenvalue weighted by Crippen LogP contribution is -2.52. The molecule has 2 N–H and O–H groups in total. The van der Waals surface area contributed by atoms with Crippen molar-refractivity contribution in [2.24, 2.45) is 11.8 Å². The van der Waals surface area contributed by atoms with E-state index in [4.69, 9.17) is 4.74 Å². The van der Waals surface area contributed by atoms with Crippen molar-refractivity contribution in [3.63, 3.8) is 0 Å². The molecule has 1 aliphatic rings. The van der Waals surface area contributed by atoms with Crippen LogP contribution < -0.4 is 10.6 Å². The highest BCUT2D eigenvalue weighted by molar-refractivity contribution is 5.85. The summed E-state index contributed by atoms with van der Waals surface area (Å²) in [6.45, 7) is 15.1. The van der Waals surface area contributed by atoms with E-state index in [1.54, 1.807) is 0 Å². The number of benzene rings is 1. The third-order valence-electron chi connectivity index (χ3n) is 5.42. The van der Waals surface area contributed by atoms with E-state index >= 15 is 0 Å². The highest BCUT2D eigenvalue weighted by atomic mass is 16.6. The molecule has 6 nitrogen and oxygen atoms in total. The van der Waals surface area contributed by atoms with Gasteiger partial charge in [-0.05, 0) is 71.0 Å². The summed E-state index contributed by atoms with van der Waals surface area (Å²) in [5, 5.41) is 5.76. The van der Waals surface area contributed by atoms with Gasteiger partial charge in [0.2, 0.25) is 5.91 Å². The van der Waals surface area contributed by atoms with Crippen LogP contribution >= 0.6 is 0 Å². The molecule has 30 heavy (non-hydrogen) atoms. The van der Waals surface area contributed by atoms with E-state index in [2.05, 4.69) is 46.7 Å². The zero-order chi connectivity index (χ0) is 22.3. The van der Waals surface area contributed by atoms with E-state index in [9.17, 15) is 9.59 Å². The molecule has 1 aromatic rings. The minimum Gasteiger partial charge on any atom is -0.444 e. The van der Waals surface area contributed by atoms with Gasteiger partial charge in [-0.15, -0.1) is 0 Å². The van der Waals surface area contributed by atoms with Crippen molar-refractivity contribution >= 4 is 12.0 Å². The Kier molecular flexibility index (Phi) is 8.71. The maximum Gasteiger partial charge on any atom is 0.408 e. The van der Waals surface area contributed by atoms with Crippen molar-refractivity contribution in [3.8, 4) is 0 Å². The summed E-state index contributed by atoms with van der Waals surface area (Å²) < 4.78 is 5.29. The van der Waals surface area contributed by atoms with Crippen LogP contribution in [0, 0.1) is 18.8 Å². The van der Waals surface area contributed by atoms with Gasteiger partial charge in [0.1, 0.15) is 11.6 Å². The third-order valence-corrected chi connectivity index (χ3v) is 5.42. The predicted molar refractivity (Wildman–Crippen MR) is 120 cm³/mol. The molecule has 1 unspecified atom stereocenters. The lowest BCUT2D eigenvalue weighted by atomic mass is 9.95. The fourth-order valence-corrected chi connectivity index (χ4v) is 3.62. The van der Waals surface area contributed by atoms with Crippen LogP contribution in [0.5, 0.6) is 0 Å². The second kappa shape index (κ2) is 10.8. The Labute approximate surface area is 181 Å². The molecule has 0 radical (unpaired) electrons. The number of hydrogen-bond donors (Lipinski definition) is 2. The average Bonchev–Trinajstić information content (AvgIpc) is 2.65. The number of nitrogens with zero attached hydrogens (tertiary/aromatic N) is 1. The molecule has 0 bridgehead atoms. The number of likely N-dealkylation sites (tertiary alicyclic amines) is 1. The standard InChI is InChI=1S/C24H39N3O3/c1-17(2)21(26-23(29)30-24(4,5)6)22(28)25-15-19-11-13-27(14-12-19)16-20-9-7-18(3)8-10-20/h7-10,17,19,21H,11-16H2,1-6H3,(H,25,28)(H,26,29). The molecule has 0 aliphatic carbocycles. The molecule has 2 rings (SSSR count). The van der Waals surface area contributed by atoms with Gasteiger partial charge >= 0.3 is 6.09 Å². The van der Waals surface area contributed by atoms with Gasteiger partial charge in [0.25, 0.3) is 0 Å². The Morgan fingerprint density at radius 3 is 2.27 bits per heavy atom. The minimum atomic E-state index is -0.596. The monoisotopic (exact) mass is 417 g/mol. The van der Waals surface area contributed by atoms with Gasteiger partial charge in [0.05, 0.1) is 0 Å². The smallest absolute Gasteiger partial charge is 0.408 e. The van der Waals surface area contributed by atoms with E-state index in [-0.39, 0.29) is 11.8 Å². The van der Waals surface area contributed by atoms with Crippen molar-refractivity contribution in [1.29, 1.82) is 0 Å². The normalized spacial score (nSPS) is 16.9. The highest BCUT2D eigenvalue weighted by Gasteiger charge is 2.28. The first-order chi connectivity index (χ1) is 14.0. The molecule has 2 amide bonds. The number of ether oxygens (including phenoxy) is 1. The van der Waals surface area contributed by atoms with Crippen LogP contribution in [0.15, 0.2) is 24.3 Å². The van der Waals surface area contributed by atoms with Gasteiger partial charge in [-0.1, -0.05) is 43.7 Å². The van der Waals surface area contributed by atoms with Gasteiger partial charge in [-0.3, -0.25) is 9.69 Å². The minimum absolute atomic E-state index is 0.0196. The number of carbonyl (C=O) groups excluding carboxylic acids is 2. The zero-order valence-corrected chi connectivity index (χ0v) is 19.5. The number of piperidine rings is 1. The lowest BCUT2D eigenvalue weighted by molar-refractivity contribution is -0.124. The molecule has 0 saturated carbocycles. The molecule has 1 aliphatic heterocycles. The Hall–Kier alpha value is -2.08. The molecular weight excluding hydrogens is 378 g/mol. The first kappa shape index (κ1) is 24.2. The maximum absolute atomic E-state index is 12.7. The summed E-state index contributed by atoms with van der Waals surface area (Å²) >= 11 is 0. The largest absolute Gasteiger partial charge is 0.444 e. The molecule has 6 heteroatoms. The molecule has 168 valence electrons. The summed E-state index contributed by atoms with van der Waals surface area (Å²) in [4.78, 5) is 27.2. The fourth-order valence-electron chi connectivity index (χ4n) is 3.62. The van der Waals surface area contributed by atoms with Crippen LogP contribution in [0.25, 0.3) is 0 Å². The number of nitrogens with one attached hydrogen (secondary N) is 2. The summed E-state index contributed by atoms with van der Waals surface area (Å²) in [5.41, 5.74) is 2.05. The zero-order valence-electron chi connectivity index (χ0n) is 19.5. The number of carbonyl (C=O) groups is 2. The number of rotatable bonds is 7. The number of aryl methyl sites for hydroxylation is 1. The topological polar surface area (TPSA) is 70.7 Å². The fraction of sp³-hybridized carbons (Fsp3) is 0.667. The quantitative estimate of drug-likeness (QED) is 0.706. The summed E-state index contributed by atoms with van der Waals surface area (Å²) in [7, 11) is 0. The molecule has 0 aromatic heterocycles. The van der Waals surface area contributed by atoms with E-state index < -0.39 is 17.7 Å². The van der Waals surface area contributed by atoms with Gasteiger partial charge in [-0.25, -0.2) is 4.79 Å². The van der Waals surface area contributed by atoms with Gasteiger partial charge in [0, 0.05) is 13.1 Å². The van der Waals surface area contributed by atoms with E-state index in [0.29, 0.717) is 12.5 Å². The van der Waals surface area contributed by atoms with Crippen molar-refractivity contribution in [1.82, 2.24) is 15.5 Å². The second-order valence-electron chi connectivity index (χ2n) is 9.82. The Bertz CT molecular complexity index is 687. The van der Waals surface area contributed by atoms with Crippen molar-refractivity contribution in [2.75, 3.05) is 19.6 Å². The summed E-state index contributed by atoms with van der Waals surface area (Å²) in [5.74, 6) is 0.310. The van der Waals surface area contributed by atoms with Crippen LogP contribution in [-0.2, 0) is 16.1 Å². The first-order valence-corrected chi connectivity index (χ1v) is 11.1.